The second kappa shape index (κ2) is 11.6. The van der Waals surface area contributed by atoms with Crippen LogP contribution in [0.25, 0.3) is 0 Å². The zero-order chi connectivity index (χ0) is 29.7. The van der Waals surface area contributed by atoms with Crippen LogP contribution in [0.1, 0.15) is 16.7 Å². The molecule has 0 spiro atoms. The highest BCUT2D eigenvalue weighted by Crippen LogP contribution is 2.47. The molecule has 0 atom stereocenters. The van der Waals surface area contributed by atoms with Crippen LogP contribution < -0.4 is 15.6 Å². The van der Waals surface area contributed by atoms with Gasteiger partial charge in [0, 0.05) is 0 Å². The molecule has 4 rings (SSSR count). The van der Waals surface area contributed by atoms with E-state index in [1.54, 1.807) is 91.0 Å². The van der Waals surface area contributed by atoms with Crippen molar-refractivity contribution in [3.05, 3.63) is 132 Å². The Morgan fingerprint density at radius 3 is 1.39 bits per heavy atom. The van der Waals surface area contributed by atoms with Gasteiger partial charge in [-0.15, -0.1) is 0 Å². The van der Waals surface area contributed by atoms with E-state index in [0.29, 0.717) is 22.4 Å². The minimum absolute atomic E-state index is 0.292. The molecule has 0 aliphatic heterocycles. The third kappa shape index (κ3) is 5.76. The van der Waals surface area contributed by atoms with Gasteiger partial charge in [-0.1, -0.05) is 91.0 Å². The van der Waals surface area contributed by atoms with Crippen LogP contribution in [0.3, 0.4) is 0 Å². The number of halogens is 7. The molecule has 0 aromatic heterocycles. The van der Waals surface area contributed by atoms with Crippen molar-refractivity contribution in [2.24, 2.45) is 4.99 Å². The highest BCUT2D eigenvalue weighted by atomic mass is 19.4. The van der Waals surface area contributed by atoms with Crippen LogP contribution in [-0.4, -0.2) is 31.0 Å². The summed E-state index contributed by atoms with van der Waals surface area (Å²) >= 11 is 0. The summed E-state index contributed by atoms with van der Waals surface area (Å²) in [6.45, 7) is 0. The van der Waals surface area contributed by atoms with Gasteiger partial charge in [-0.25, -0.2) is 10.4 Å². The molecule has 11 heteroatoms. The normalized spacial score (nSPS) is 13.1. The minimum atomic E-state index is -6.58. The van der Waals surface area contributed by atoms with Gasteiger partial charge in [0.1, 0.15) is 11.3 Å². The number of ether oxygens (including phenoxy) is 1. The minimum Gasteiger partial charge on any atom is -0.497 e. The van der Waals surface area contributed by atoms with E-state index in [1.165, 1.54) is 19.2 Å². The van der Waals surface area contributed by atoms with E-state index >= 15 is 8.78 Å². The van der Waals surface area contributed by atoms with E-state index < -0.39 is 29.4 Å². The number of alkyl halides is 7. The second-order valence-electron chi connectivity index (χ2n) is 8.90. The van der Waals surface area contributed by atoms with Crippen molar-refractivity contribution in [2.75, 3.05) is 7.11 Å². The van der Waals surface area contributed by atoms with E-state index in [4.69, 9.17) is 4.74 Å². The van der Waals surface area contributed by atoms with Gasteiger partial charge in [0.05, 0.1) is 12.8 Å². The molecule has 4 aromatic rings. The lowest BCUT2D eigenvalue weighted by Gasteiger charge is -2.38. The molecule has 0 radical (unpaired) electrons. The van der Waals surface area contributed by atoms with E-state index in [2.05, 4.69) is 10.4 Å². The number of hydrazine groups is 1. The SMILES string of the molecule is COc1ccc(N=C(NNC(c2ccccc2)(c2ccccc2)c2ccccc2)C(F)(F)C(F)(F)C(F)(F)F)cc1. The summed E-state index contributed by atoms with van der Waals surface area (Å²) in [5, 5.41) is 0. The predicted molar refractivity (Wildman–Crippen MR) is 142 cm³/mol. The van der Waals surface area contributed by atoms with E-state index in [0.717, 1.165) is 12.1 Å². The zero-order valence-corrected chi connectivity index (χ0v) is 21.5. The molecule has 0 aliphatic carbocycles. The lowest BCUT2D eigenvalue weighted by atomic mass is 9.77. The molecule has 0 saturated carbocycles. The van der Waals surface area contributed by atoms with Gasteiger partial charge in [0.15, 0.2) is 5.84 Å². The Kier molecular flexibility index (Phi) is 8.39. The molecule has 2 N–H and O–H groups in total. The number of benzene rings is 4. The number of amidine groups is 1. The average Bonchev–Trinajstić information content (AvgIpc) is 2.98. The smallest absolute Gasteiger partial charge is 0.460 e. The first-order valence-electron chi connectivity index (χ1n) is 12.2. The molecule has 0 amide bonds. The third-order valence-corrected chi connectivity index (χ3v) is 6.35. The molecule has 0 unspecified atom stereocenters. The van der Waals surface area contributed by atoms with E-state index in [1.807, 2.05) is 5.43 Å². The van der Waals surface area contributed by atoms with Crippen molar-refractivity contribution in [3.63, 3.8) is 0 Å². The van der Waals surface area contributed by atoms with Crippen LogP contribution in [0.15, 0.2) is 120 Å². The first kappa shape index (κ1) is 29.6. The largest absolute Gasteiger partial charge is 0.497 e. The van der Waals surface area contributed by atoms with Crippen molar-refractivity contribution >= 4 is 11.5 Å². The first-order valence-corrected chi connectivity index (χ1v) is 12.2. The van der Waals surface area contributed by atoms with Crippen molar-refractivity contribution in [1.82, 2.24) is 10.9 Å². The van der Waals surface area contributed by atoms with E-state index in [9.17, 15) is 22.0 Å². The monoisotopic (exact) mass is 575 g/mol. The lowest BCUT2D eigenvalue weighted by molar-refractivity contribution is -0.337. The van der Waals surface area contributed by atoms with Crippen molar-refractivity contribution in [1.29, 1.82) is 0 Å². The highest BCUT2D eigenvalue weighted by molar-refractivity contribution is 5.92. The highest BCUT2D eigenvalue weighted by Gasteiger charge is 2.75. The summed E-state index contributed by atoms with van der Waals surface area (Å²) in [6.07, 6.45) is -6.58. The maximum absolute atomic E-state index is 15.2. The second-order valence-corrected chi connectivity index (χ2v) is 8.90. The fourth-order valence-electron chi connectivity index (χ4n) is 4.22. The number of methoxy groups -OCH3 is 1. The average molecular weight is 576 g/mol. The van der Waals surface area contributed by atoms with Gasteiger partial charge in [0.2, 0.25) is 0 Å². The summed E-state index contributed by atoms with van der Waals surface area (Å²) in [5.74, 6) is -13.9. The molecular weight excluding hydrogens is 551 g/mol. The van der Waals surface area contributed by atoms with Crippen molar-refractivity contribution in [2.45, 2.75) is 23.6 Å². The standard InChI is InChI=1S/C30H24F7N3O/c1-41-25-19-17-24(18-20-25)38-26(28(31,32)29(33,34)30(35,36)37)39-40-27(21-11-5-2-6-12-21,22-13-7-3-8-14-22)23-15-9-4-10-16-23/h2-20,40H,1H3,(H,38,39). The molecule has 0 saturated heterocycles. The van der Waals surface area contributed by atoms with Gasteiger partial charge >= 0.3 is 18.0 Å². The molecule has 0 heterocycles. The predicted octanol–water partition coefficient (Wildman–Crippen LogP) is 7.64. The number of hydrogen-bond acceptors (Lipinski definition) is 3. The van der Waals surface area contributed by atoms with Gasteiger partial charge in [0.25, 0.3) is 0 Å². The van der Waals surface area contributed by atoms with Gasteiger partial charge < -0.3 is 10.2 Å². The topological polar surface area (TPSA) is 45.6 Å². The summed E-state index contributed by atoms with van der Waals surface area (Å²) < 4.78 is 104. The molecule has 0 bridgehead atoms. The Morgan fingerprint density at radius 1 is 0.610 bits per heavy atom. The lowest BCUT2D eigenvalue weighted by Crippen LogP contribution is -2.64. The number of nitrogens with one attached hydrogen (secondary N) is 2. The summed E-state index contributed by atoms with van der Waals surface area (Å²) in [6, 6.07) is 30.1. The zero-order valence-electron chi connectivity index (χ0n) is 21.5. The number of nitrogens with zero attached hydrogens (tertiary/aromatic N) is 1. The maximum atomic E-state index is 15.2. The number of aliphatic imine (C=N–C) groups is 1. The summed E-state index contributed by atoms with van der Waals surface area (Å²) in [7, 11) is 1.34. The van der Waals surface area contributed by atoms with Crippen LogP contribution in [0.2, 0.25) is 0 Å². The molecule has 4 nitrogen and oxygen atoms in total. The maximum Gasteiger partial charge on any atom is 0.460 e. The van der Waals surface area contributed by atoms with Crippen molar-refractivity contribution < 1.29 is 35.5 Å². The quantitative estimate of drug-likeness (QED) is 0.0709. The fraction of sp³-hybridized carbons (Fsp3) is 0.167. The first-order chi connectivity index (χ1) is 19.4. The number of rotatable bonds is 9. The molecule has 214 valence electrons. The Hall–Kier alpha value is -4.38. The van der Waals surface area contributed by atoms with Crippen LogP contribution >= 0.6 is 0 Å². The third-order valence-electron chi connectivity index (χ3n) is 6.35. The molecule has 41 heavy (non-hydrogen) atoms. The van der Waals surface area contributed by atoms with Crippen LogP contribution in [-0.2, 0) is 5.54 Å². The summed E-state index contributed by atoms with van der Waals surface area (Å²) in [5.41, 5.74) is 4.21. The Balaban J connectivity index is 1.91. The van der Waals surface area contributed by atoms with Gasteiger partial charge in [-0.3, -0.25) is 0 Å². The van der Waals surface area contributed by atoms with Gasteiger partial charge in [-0.05, 0) is 41.0 Å². The fourth-order valence-corrected chi connectivity index (χ4v) is 4.22. The van der Waals surface area contributed by atoms with Crippen LogP contribution in [0.5, 0.6) is 5.75 Å². The molecule has 4 aromatic carbocycles. The van der Waals surface area contributed by atoms with Crippen LogP contribution in [0, 0.1) is 0 Å². The van der Waals surface area contributed by atoms with Crippen molar-refractivity contribution in [3.8, 4) is 5.75 Å². The van der Waals surface area contributed by atoms with Gasteiger partial charge in [-0.2, -0.15) is 30.7 Å². The molecular formula is C30H24F7N3O. The Labute approximate surface area is 231 Å². The Bertz CT molecular complexity index is 1350. The van der Waals surface area contributed by atoms with Crippen LogP contribution in [0.4, 0.5) is 36.4 Å². The number of hydrogen-bond donors (Lipinski definition) is 2. The Morgan fingerprint density at radius 2 is 1.02 bits per heavy atom. The van der Waals surface area contributed by atoms with E-state index in [-0.39, 0.29) is 5.69 Å². The summed E-state index contributed by atoms with van der Waals surface area (Å²) in [4.78, 5) is 3.53. The molecule has 0 aliphatic rings. The molecule has 0 fully saturated rings.